The summed E-state index contributed by atoms with van der Waals surface area (Å²) < 4.78 is 5.85. The maximum atomic E-state index is 12.8. The van der Waals surface area contributed by atoms with E-state index in [2.05, 4.69) is 27.3 Å². The number of rotatable bonds is 10. The zero-order valence-corrected chi connectivity index (χ0v) is 21.2. The van der Waals surface area contributed by atoms with Crippen molar-refractivity contribution in [1.29, 1.82) is 0 Å². The summed E-state index contributed by atoms with van der Waals surface area (Å²) in [6, 6.07) is 20.3. The average molecular weight is 504 g/mol. The molecule has 2 heterocycles. The van der Waals surface area contributed by atoms with E-state index in [-0.39, 0.29) is 12.5 Å². The maximum absolute atomic E-state index is 12.8. The highest BCUT2D eigenvalue weighted by atomic mass is 16.5. The topological polar surface area (TPSA) is 107 Å². The highest BCUT2D eigenvalue weighted by molar-refractivity contribution is 5.94. The molecule has 2 aromatic carbocycles. The molecule has 1 atom stereocenters. The molecule has 1 aliphatic heterocycles. The molecule has 0 radical (unpaired) electrons. The average Bonchev–Trinajstić information content (AvgIpc) is 3.35. The molecule has 0 aliphatic carbocycles. The van der Waals surface area contributed by atoms with Crippen LogP contribution in [0.5, 0.6) is 5.75 Å². The number of hydrogen-bond acceptors (Lipinski definition) is 7. The lowest BCUT2D eigenvalue weighted by Gasteiger charge is -2.26. The van der Waals surface area contributed by atoms with Crippen molar-refractivity contribution in [3.8, 4) is 5.75 Å². The summed E-state index contributed by atoms with van der Waals surface area (Å²) in [5.41, 5.74) is 6.31. The van der Waals surface area contributed by atoms with Crippen LogP contribution in [0.1, 0.15) is 32.9 Å². The van der Waals surface area contributed by atoms with E-state index >= 15 is 0 Å². The summed E-state index contributed by atoms with van der Waals surface area (Å²) in [6.07, 6.45) is 0. The van der Waals surface area contributed by atoms with E-state index in [1.165, 1.54) is 5.56 Å². The molecule has 1 aliphatic rings. The number of ether oxygens (including phenoxy) is 1. The van der Waals surface area contributed by atoms with Crippen LogP contribution in [0.3, 0.4) is 0 Å². The van der Waals surface area contributed by atoms with Gasteiger partial charge in [0.2, 0.25) is 0 Å². The molecule has 2 amide bonds. The number of benzene rings is 2. The normalized spacial score (nSPS) is 14.8. The molecule has 9 nitrogen and oxygen atoms in total. The van der Waals surface area contributed by atoms with Crippen LogP contribution >= 0.6 is 0 Å². The molecule has 0 spiro atoms. The summed E-state index contributed by atoms with van der Waals surface area (Å²) in [5.74, 6) is -0.202. The molecular weight excluding hydrogens is 470 g/mol. The molecular formula is C28H33N5O4. The first-order valence-corrected chi connectivity index (χ1v) is 12.3. The van der Waals surface area contributed by atoms with Gasteiger partial charge in [0.1, 0.15) is 18.4 Å². The quantitative estimate of drug-likeness (QED) is 0.288. The number of hydrogen-bond donors (Lipinski definition) is 3. The first kappa shape index (κ1) is 26.3. The van der Waals surface area contributed by atoms with Crippen molar-refractivity contribution in [2.75, 3.05) is 26.3 Å². The van der Waals surface area contributed by atoms with Crippen LogP contribution in [-0.4, -0.2) is 64.2 Å². The molecule has 4 rings (SSSR count). The van der Waals surface area contributed by atoms with Gasteiger partial charge in [-0.2, -0.15) is 0 Å². The lowest BCUT2D eigenvalue weighted by molar-refractivity contribution is -0.134. The van der Waals surface area contributed by atoms with Crippen LogP contribution < -0.4 is 15.5 Å². The molecule has 1 fully saturated rings. The van der Waals surface area contributed by atoms with Gasteiger partial charge in [-0.3, -0.25) is 29.6 Å². The smallest absolute Gasteiger partial charge is 0.262 e. The van der Waals surface area contributed by atoms with E-state index in [1.807, 2.05) is 49.1 Å². The monoisotopic (exact) mass is 503 g/mol. The predicted molar refractivity (Wildman–Crippen MR) is 139 cm³/mol. The van der Waals surface area contributed by atoms with Crippen LogP contribution in [0, 0.1) is 13.8 Å². The summed E-state index contributed by atoms with van der Waals surface area (Å²) in [6.45, 7) is 7.15. The van der Waals surface area contributed by atoms with Gasteiger partial charge in [0.15, 0.2) is 0 Å². The molecule has 0 saturated carbocycles. The number of amides is 2. The zero-order chi connectivity index (χ0) is 26.2. The first-order valence-electron chi connectivity index (χ1n) is 12.3. The van der Waals surface area contributed by atoms with Gasteiger partial charge >= 0.3 is 0 Å². The fourth-order valence-corrected chi connectivity index (χ4v) is 4.52. The fourth-order valence-electron chi connectivity index (χ4n) is 4.52. The first-order chi connectivity index (χ1) is 17.9. The molecule has 0 bridgehead atoms. The summed E-state index contributed by atoms with van der Waals surface area (Å²) >= 11 is 0. The number of aryl methyl sites for hydroxylation is 2. The Kier molecular flexibility index (Phi) is 8.84. The number of nitrogens with one attached hydrogen (secondary N) is 2. The van der Waals surface area contributed by atoms with E-state index in [0.717, 1.165) is 30.0 Å². The van der Waals surface area contributed by atoms with Crippen LogP contribution in [0.25, 0.3) is 0 Å². The van der Waals surface area contributed by atoms with Crippen LogP contribution in [0.4, 0.5) is 0 Å². The third kappa shape index (κ3) is 7.36. The minimum absolute atomic E-state index is 0.0728. The van der Waals surface area contributed by atoms with Gasteiger partial charge in [-0.05, 0) is 61.4 Å². The largest absolute Gasteiger partial charge is 0.489 e. The molecule has 194 valence electrons. The Morgan fingerprint density at radius 3 is 2.38 bits per heavy atom. The van der Waals surface area contributed by atoms with E-state index in [4.69, 9.17) is 4.74 Å². The Balaban J connectivity index is 1.29. The number of carbonyl (C=O) groups excluding carboxylic acids is 2. The second kappa shape index (κ2) is 12.4. The molecule has 3 N–H and O–H groups in total. The lowest BCUT2D eigenvalue weighted by Crippen LogP contribution is -2.51. The third-order valence-electron chi connectivity index (χ3n) is 6.31. The Bertz CT molecular complexity index is 1180. The van der Waals surface area contributed by atoms with E-state index in [9.17, 15) is 14.8 Å². The van der Waals surface area contributed by atoms with Gasteiger partial charge in [-0.1, -0.05) is 30.3 Å². The summed E-state index contributed by atoms with van der Waals surface area (Å²) in [4.78, 5) is 33.7. The Morgan fingerprint density at radius 2 is 1.70 bits per heavy atom. The lowest BCUT2D eigenvalue weighted by atomic mass is 10.2. The number of carbonyl (C=O) groups is 2. The number of hydroxylamine groups is 1. The second-order valence-corrected chi connectivity index (χ2v) is 9.27. The number of pyridine rings is 1. The predicted octanol–water partition coefficient (Wildman–Crippen LogP) is 2.66. The number of aromatic nitrogens is 1. The summed E-state index contributed by atoms with van der Waals surface area (Å²) in [5, 5.41) is 12.1. The standard InChI is InChI=1S/C28H33N5O4/c1-20-14-23(15-21(2)30-20)18-37-25-10-8-24(9-11-25)27(34)29-16-26(28(35)31-36)33-13-12-32(19-33)17-22-6-4-3-5-7-22/h3-11,14-15,26,36H,12-13,16-19H2,1-2H3,(H,29,34)(H,31,35). The Morgan fingerprint density at radius 1 is 1.00 bits per heavy atom. The minimum Gasteiger partial charge on any atom is -0.489 e. The fraction of sp³-hybridized carbons (Fsp3) is 0.321. The van der Waals surface area contributed by atoms with Gasteiger partial charge in [0.25, 0.3) is 11.8 Å². The van der Waals surface area contributed by atoms with Crippen molar-refractivity contribution in [3.63, 3.8) is 0 Å². The van der Waals surface area contributed by atoms with Gasteiger partial charge in [0.05, 0.1) is 6.67 Å². The van der Waals surface area contributed by atoms with Crippen molar-refractivity contribution in [3.05, 3.63) is 94.8 Å². The molecule has 1 saturated heterocycles. The SMILES string of the molecule is Cc1cc(COc2ccc(C(=O)NCC(C(=O)NO)N3CCN(Cc4ccccc4)C3)cc2)cc(C)n1. The van der Waals surface area contributed by atoms with Crippen molar-refractivity contribution < 1.29 is 19.5 Å². The highest BCUT2D eigenvalue weighted by Gasteiger charge is 2.31. The van der Waals surface area contributed by atoms with Crippen LogP contribution in [-0.2, 0) is 17.9 Å². The van der Waals surface area contributed by atoms with Gasteiger partial charge in [0, 0.05) is 43.1 Å². The Labute approximate surface area is 217 Å². The van der Waals surface area contributed by atoms with E-state index < -0.39 is 11.9 Å². The zero-order valence-electron chi connectivity index (χ0n) is 21.2. The maximum Gasteiger partial charge on any atom is 0.262 e. The van der Waals surface area contributed by atoms with Gasteiger partial charge in [-0.15, -0.1) is 0 Å². The molecule has 3 aromatic rings. The highest BCUT2D eigenvalue weighted by Crippen LogP contribution is 2.16. The molecule has 1 unspecified atom stereocenters. The Hall–Kier alpha value is -3.79. The van der Waals surface area contributed by atoms with Gasteiger partial charge in [-0.25, -0.2) is 5.48 Å². The summed E-state index contributed by atoms with van der Waals surface area (Å²) in [7, 11) is 0. The van der Waals surface area contributed by atoms with Crippen LogP contribution in [0.15, 0.2) is 66.7 Å². The van der Waals surface area contributed by atoms with Gasteiger partial charge < -0.3 is 10.1 Å². The van der Waals surface area contributed by atoms with Crippen molar-refractivity contribution in [2.24, 2.45) is 0 Å². The number of nitrogens with zero attached hydrogens (tertiary/aromatic N) is 3. The minimum atomic E-state index is -0.690. The molecule has 37 heavy (non-hydrogen) atoms. The van der Waals surface area contributed by atoms with Crippen LogP contribution in [0.2, 0.25) is 0 Å². The molecule has 1 aromatic heterocycles. The van der Waals surface area contributed by atoms with Crippen molar-refractivity contribution in [2.45, 2.75) is 33.0 Å². The van der Waals surface area contributed by atoms with Crippen molar-refractivity contribution in [1.82, 2.24) is 25.6 Å². The van der Waals surface area contributed by atoms with Crippen molar-refractivity contribution >= 4 is 11.8 Å². The third-order valence-corrected chi connectivity index (χ3v) is 6.31. The van der Waals surface area contributed by atoms with E-state index in [1.54, 1.807) is 29.7 Å². The van der Waals surface area contributed by atoms with E-state index in [0.29, 0.717) is 31.1 Å². The second-order valence-electron chi connectivity index (χ2n) is 9.27. The molecule has 9 heteroatoms.